The number of amides is 2. The molecule has 6 rings (SSSR count). The SMILES string of the molecule is CC(F)(F)c1cccc(C(=O)Nc2cccc(Oc3cccnc3)c2)c1.Cc1cccc(C(=O)Nc2cccc(Oc3cccnc3C)c2)c1. The predicted octanol–water partition coefficient (Wildman–Crippen LogP) is 9.98. The smallest absolute Gasteiger partial charge is 0.270 e. The van der Waals surface area contributed by atoms with Crippen LogP contribution in [-0.4, -0.2) is 21.8 Å². The van der Waals surface area contributed by atoms with Crippen molar-refractivity contribution < 1.29 is 27.8 Å². The van der Waals surface area contributed by atoms with Crippen LogP contribution in [0.4, 0.5) is 20.2 Å². The van der Waals surface area contributed by atoms with E-state index in [9.17, 15) is 18.4 Å². The second kappa shape index (κ2) is 16.1. The molecule has 0 aliphatic heterocycles. The summed E-state index contributed by atoms with van der Waals surface area (Å²) in [6.45, 7) is 4.64. The molecule has 6 aromatic rings. The Morgan fingerprint density at radius 2 is 1.22 bits per heavy atom. The van der Waals surface area contributed by atoms with Gasteiger partial charge in [0.05, 0.1) is 11.9 Å². The Kier molecular flexibility index (Phi) is 11.3. The first-order valence-corrected chi connectivity index (χ1v) is 15.6. The molecule has 0 unspecified atom stereocenters. The summed E-state index contributed by atoms with van der Waals surface area (Å²) >= 11 is 0. The van der Waals surface area contributed by atoms with Crippen molar-refractivity contribution in [2.24, 2.45) is 0 Å². The Labute approximate surface area is 288 Å². The zero-order valence-electron chi connectivity index (χ0n) is 27.6. The van der Waals surface area contributed by atoms with Gasteiger partial charge in [0.1, 0.15) is 23.0 Å². The zero-order chi connectivity index (χ0) is 35.5. The van der Waals surface area contributed by atoms with Crippen molar-refractivity contribution >= 4 is 23.2 Å². The first-order chi connectivity index (χ1) is 24.0. The third-order valence-electron chi connectivity index (χ3n) is 7.15. The van der Waals surface area contributed by atoms with E-state index in [1.807, 2.05) is 62.4 Å². The predicted molar refractivity (Wildman–Crippen MR) is 189 cm³/mol. The number of carbonyl (C=O) groups is 2. The number of aromatic nitrogens is 2. The molecule has 2 aromatic heterocycles. The summed E-state index contributed by atoms with van der Waals surface area (Å²) in [5.41, 5.74) is 3.61. The van der Waals surface area contributed by atoms with Gasteiger partial charge in [-0.1, -0.05) is 42.0 Å². The van der Waals surface area contributed by atoms with Crippen LogP contribution in [0, 0.1) is 13.8 Å². The van der Waals surface area contributed by atoms with Crippen molar-refractivity contribution in [1.29, 1.82) is 0 Å². The van der Waals surface area contributed by atoms with Crippen molar-refractivity contribution in [3.05, 3.63) is 168 Å². The van der Waals surface area contributed by atoms with Crippen LogP contribution in [0.15, 0.2) is 140 Å². The number of halogens is 2. The Morgan fingerprint density at radius 3 is 1.82 bits per heavy atom. The normalized spacial score (nSPS) is 10.7. The number of anilines is 2. The zero-order valence-corrected chi connectivity index (χ0v) is 27.6. The van der Waals surface area contributed by atoms with Crippen LogP contribution in [-0.2, 0) is 5.92 Å². The second-order valence-corrected chi connectivity index (χ2v) is 11.3. The van der Waals surface area contributed by atoms with Gasteiger partial charge in [-0.15, -0.1) is 0 Å². The molecule has 0 saturated carbocycles. The summed E-state index contributed by atoms with van der Waals surface area (Å²) in [5.74, 6) is -1.21. The fourth-order valence-electron chi connectivity index (χ4n) is 4.65. The lowest BCUT2D eigenvalue weighted by molar-refractivity contribution is 0.0174. The molecule has 2 heterocycles. The fourth-order valence-corrected chi connectivity index (χ4v) is 4.65. The van der Waals surface area contributed by atoms with Crippen molar-refractivity contribution in [3.8, 4) is 23.0 Å². The lowest BCUT2D eigenvalue weighted by atomic mass is 10.1. The molecule has 0 spiro atoms. The van der Waals surface area contributed by atoms with Crippen LogP contribution in [0.1, 0.15) is 44.5 Å². The highest BCUT2D eigenvalue weighted by molar-refractivity contribution is 6.05. The summed E-state index contributed by atoms with van der Waals surface area (Å²) < 4.78 is 38.4. The molecule has 0 radical (unpaired) electrons. The molecule has 4 aromatic carbocycles. The van der Waals surface area contributed by atoms with Crippen LogP contribution < -0.4 is 20.1 Å². The van der Waals surface area contributed by atoms with Crippen molar-refractivity contribution in [1.82, 2.24) is 9.97 Å². The largest absolute Gasteiger partial charge is 0.456 e. The fraction of sp³-hybridized carbons (Fsp3) is 0.100. The average molecular weight is 673 g/mol. The molecule has 10 heteroatoms. The van der Waals surface area contributed by atoms with Crippen LogP contribution in [0.2, 0.25) is 0 Å². The van der Waals surface area contributed by atoms with Gasteiger partial charge in [0, 0.05) is 59.5 Å². The maximum atomic E-state index is 13.4. The standard InChI is InChI=1S/C20H16F2N2O2.C20H18N2O2/c1-20(21,22)15-6-2-5-14(11-15)19(25)24-16-7-3-8-17(12-16)26-18-9-4-10-23-13-18;1-14-6-3-7-16(12-14)20(23)22-17-8-4-9-18(13-17)24-19-10-5-11-21-15(19)2/h2-13H,1H3,(H,24,25);3-13H,1-2H3,(H,22,23). The summed E-state index contributed by atoms with van der Waals surface area (Å²) in [5, 5.41) is 5.58. The highest BCUT2D eigenvalue weighted by Gasteiger charge is 2.25. The third kappa shape index (κ3) is 10.0. The molecule has 0 aliphatic carbocycles. The van der Waals surface area contributed by atoms with Gasteiger partial charge in [0.2, 0.25) is 0 Å². The Balaban J connectivity index is 0.000000195. The van der Waals surface area contributed by atoms with Gasteiger partial charge >= 0.3 is 0 Å². The molecule has 0 aliphatic rings. The molecule has 252 valence electrons. The Bertz CT molecular complexity index is 2080. The number of nitrogens with zero attached hydrogens (tertiary/aromatic N) is 2. The number of carbonyl (C=O) groups excluding carboxylic acids is 2. The minimum atomic E-state index is -3.01. The van der Waals surface area contributed by atoms with E-state index in [0.717, 1.165) is 18.2 Å². The van der Waals surface area contributed by atoms with Gasteiger partial charge in [-0.2, -0.15) is 0 Å². The molecular formula is C40H34F2N4O4. The number of benzene rings is 4. The number of nitrogens with one attached hydrogen (secondary N) is 2. The molecule has 0 bridgehead atoms. The van der Waals surface area contributed by atoms with Gasteiger partial charge in [-0.25, -0.2) is 8.78 Å². The molecule has 2 amide bonds. The highest BCUT2D eigenvalue weighted by atomic mass is 19.3. The number of aryl methyl sites for hydroxylation is 2. The third-order valence-corrected chi connectivity index (χ3v) is 7.15. The van der Waals surface area contributed by atoms with Gasteiger partial charge in [0.15, 0.2) is 0 Å². The first-order valence-electron chi connectivity index (χ1n) is 15.6. The molecule has 0 atom stereocenters. The summed E-state index contributed by atoms with van der Waals surface area (Å²) in [6, 6.07) is 34.2. The van der Waals surface area contributed by atoms with Crippen LogP contribution in [0.25, 0.3) is 0 Å². The molecule has 2 N–H and O–H groups in total. The minimum absolute atomic E-state index is 0.145. The van der Waals surface area contributed by atoms with Crippen LogP contribution in [0.3, 0.4) is 0 Å². The van der Waals surface area contributed by atoms with Crippen molar-refractivity contribution in [2.45, 2.75) is 26.7 Å². The van der Waals surface area contributed by atoms with Gasteiger partial charge in [-0.05, 0) is 86.6 Å². The Morgan fingerprint density at radius 1 is 0.640 bits per heavy atom. The summed E-state index contributed by atoms with van der Waals surface area (Å²) in [7, 11) is 0. The summed E-state index contributed by atoms with van der Waals surface area (Å²) in [6.07, 6.45) is 4.93. The van der Waals surface area contributed by atoms with E-state index in [-0.39, 0.29) is 17.0 Å². The van der Waals surface area contributed by atoms with E-state index in [4.69, 9.17) is 9.47 Å². The van der Waals surface area contributed by atoms with E-state index in [1.165, 1.54) is 24.3 Å². The summed E-state index contributed by atoms with van der Waals surface area (Å²) in [4.78, 5) is 32.8. The Hall–Kier alpha value is -6.42. The van der Waals surface area contributed by atoms with Gasteiger partial charge in [-0.3, -0.25) is 19.6 Å². The van der Waals surface area contributed by atoms with E-state index in [0.29, 0.717) is 39.9 Å². The van der Waals surface area contributed by atoms with Gasteiger partial charge in [0.25, 0.3) is 17.7 Å². The maximum Gasteiger partial charge on any atom is 0.270 e. The second-order valence-electron chi connectivity index (χ2n) is 11.3. The molecule has 8 nitrogen and oxygen atoms in total. The topological polar surface area (TPSA) is 102 Å². The quantitative estimate of drug-likeness (QED) is 0.159. The van der Waals surface area contributed by atoms with Gasteiger partial charge < -0.3 is 20.1 Å². The molecule has 50 heavy (non-hydrogen) atoms. The molecule has 0 saturated heterocycles. The number of hydrogen-bond donors (Lipinski definition) is 2. The lowest BCUT2D eigenvalue weighted by Gasteiger charge is -2.12. The number of rotatable bonds is 9. The lowest BCUT2D eigenvalue weighted by Crippen LogP contribution is -2.14. The molecular weight excluding hydrogens is 638 g/mol. The van der Waals surface area contributed by atoms with Crippen molar-refractivity contribution in [3.63, 3.8) is 0 Å². The van der Waals surface area contributed by atoms with E-state index < -0.39 is 11.8 Å². The van der Waals surface area contributed by atoms with E-state index in [1.54, 1.807) is 67.1 Å². The number of alkyl halides is 2. The van der Waals surface area contributed by atoms with Crippen LogP contribution in [0.5, 0.6) is 23.0 Å². The average Bonchev–Trinajstić information content (AvgIpc) is 3.10. The first kappa shape index (κ1) is 34.9. The van der Waals surface area contributed by atoms with E-state index in [2.05, 4.69) is 20.6 Å². The highest BCUT2D eigenvalue weighted by Crippen LogP contribution is 2.29. The maximum absolute atomic E-state index is 13.4. The number of hydrogen-bond acceptors (Lipinski definition) is 6. The number of ether oxygens (including phenoxy) is 2. The number of pyridine rings is 2. The molecule has 0 fully saturated rings. The minimum Gasteiger partial charge on any atom is -0.456 e. The monoisotopic (exact) mass is 672 g/mol. The van der Waals surface area contributed by atoms with Crippen molar-refractivity contribution in [2.75, 3.05) is 10.6 Å². The van der Waals surface area contributed by atoms with E-state index >= 15 is 0 Å². The van der Waals surface area contributed by atoms with Crippen LogP contribution >= 0.6 is 0 Å².